The van der Waals surface area contributed by atoms with Gasteiger partial charge in [-0.25, -0.2) is 0 Å². The largest absolute Gasteiger partial charge is 0.547 e. The van der Waals surface area contributed by atoms with Crippen molar-refractivity contribution in [3.63, 3.8) is 0 Å². The molecule has 0 aromatic heterocycles. The highest BCUT2D eigenvalue weighted by Gasteiger charge is 1.89. The number of carboxylic acids is 1. The molecule has 0 aliphatic carbocycles. The van der Waals surface area contributed by atoms with Crippen molar-refractivity contribution >= 4 is 5.97 Å². The molecule has 5 nitrogen and oxygen atoms in total. The number of aliphatic carboxylic acids is 1. The van der Waals surface area contributed by atoms with Crippen LogP contribution in [0.25, 0.3) is 0 Å². The minimum absolute atomic E-state index is 0.125. The van der Waals surface area contributed by atoms with E-state index in [1.807, 2.05) is 0 Å². The summed E-state index contributed by atoms with van der Waals surface area (Å²) in [5.74, 6) is -1.44. The van der Waals surface area contributed by atoms with Gasteiger partial charge in [-0.3, -0.25) is 0 Å². The van der Waals surface area contributed by atoms with Crippen molar-refractivity contribution in [1.29, 1.82) is 0 Å². The van der Waals surface area contributed by atoms with E-state index in [1.165, 1.54) is 0 Å². The SMILES string of the molecule is CC(O)C(=O)[O-].OCCO. The first kappa shape index (κ1) is 12.1. The van der Waals surface area contributed by atoms with Gasteiger partial charge in [-0.1, -0.05) is 0 Å². The molecule has 10 heavy (non-hydrogen) atoms. The number of aliphatic hydroxyl groups is 3. The molecule has 0 bridgehead atoms. The minimum atomic E-state index is -1.44. The molecule has 0 aromatic carbocycles. The summed E-state index contributed by atoms with van der Waals surface area (Å²) in [6.45, 7) is 0.884. The second kappa shape index (κ2) is 8.35. The van der Waals surface area contributed by atoms with Gasteiger partial charge in [-0.05, 0) is 6.92 Å². The van der Waals surface area contributed by atoms with E-state index in [9.17, 15) is 9.90 Å². The summed E-state index contributed by atoms with van der Waals surface area (Å²) in [5, 5.41) is 32.6. The predicted molar refractivity (Wildman–Crippen MR) is 30.9 cm³/mol. The summed E-state index contributed by atoms with van der Waals surface area (Å²) >= 11 is 0. The molecule has 1 atom stereocenters. The summed E-state index contributed by atoms with van der Waals surface area (Å²) < 4.78 is 0. The van der Waals surface area contributed by atoms with Crippen LogP contribution >= 0.6 is 0 Å². The Morgan fingerprint density at radius 3 is 1.70 bits per heavy atom. The Morgan fingerprint density at radius 1 is 1.50 bits per heavy atom. The zero-order chi connectivity index (χ0) is 8.57. The molecule has 62 valence electrons. The van der Waals surface area contributed by atoms with Gasteiger partial charge in [-0.2, -0.15) is 0 Å². The molecule has 0 radical (unpaired) electrons. The lowest BCUT2D eigenvalue weighted by atomic mass is 10.4. The maximum absolute atomic E-state index is 9.34. The topological polar surface area (TPSA) is 101 Å². The number of hydrogen-bond acceptors (Lipinski definition) is 5. The van der Waals surface area contributed by atoms with Crippen LogP contribution in [-0.2, 0) is 4.79 Å². The number of aliphatic hydroxyl groups excluding tert-OH is 3. The summed E-state index contributed by atoms with van der Waals surface area (Å²) in [6.07, 6.45) is -1.34. The van der Waals surface area contributed by atoms with E-state index in [1.54, 1.807) is 0 Å². The van der Waals surface area contributed by atoms with E-state index in [4.69, 9.17) is 15.3 Å². The van der Waals surface area contributed by atoms with E-state index in [-0.39, 0.29) is 13.2 Å². The fourth-order valence-corrected chi connectivity index (χ4v) is 0. The normalized spacial score (nSPS) is 11.2. The fourth-order valence-electron chi connectivity index (χ4n) is 0. The summed E-state index contributed by atoms with van der Waals surface area (Å²) in [4.78, 5) is 9.34. The van der Waals surface area contributed by atoms with Gasteiger partial charge in [0.05, 0.1) is 25.3 Å². The maximum atomic E-state index is 9.34. The molecule has 0 fully saturated rings. The van der Waals surface area contributed by atoms with Crippen LogP contribution in [0.5, 0.6) is 0 Å². The molecule has 1 unspecified atom stereocenters. The summed E-state index contributed by atoms with van der Waals surface area (Å²) in [6, 6.07) is 0. The Bertz CT molecular complexity index is 78.1. The first-order valence-corrected chi connectivity index (χ1v) is 2.66. The van der Waals surface area contributed by atoms with Crippen LogP contribution < -0.4 is 5.11 Å². The van der Waals surface area contributed by atoms with E-state index in [2.05, 4.69) is 0 Å². The third-order valence-electron chi connectivity index (χ3n) is 0.441. The monoisotopic (exact) mass is 151 g/mol. The van der Waals surface area contributed by atoms with Crippen LogP contribution in [0, 0.1) is 0 Å². The number of rotatable bonds is 2. The van der Waals surface area contributed by atoms with Gasteiger partial charge in [0.1, 0.15) is 0 Å². The Hall–Kier alpha value is -0.650. The van der Waals surface area contributed by atoms with Crippen LogP contribution in [0.1, 0.15) is 6.92 Å². The van der Waals surface area contributed by atoms with Crippen molar-refractivity contribution in [2.75, 3.05) is 13.2 Å². The van der Waals surface area contributed by atoms with Gasteiger partial charge in [0.2, 0.25) is 0 Å². The van der Waals surface area contributed by atoms with Gasteiger partial charge < -0.3 is 25.2 Å². The van der Waals surface area contributed by atoms with E-state index in [0.29, 0.717) is 0 Å². The molecule has 0 amide bonds. The highest BCUT2D eigenvalue weighted by molar-refractivity contribution is 5.68. The van der Waals surface area contributed by atoms with E-state index < -0.39 is 12.1 Å². The first-order valence-electron chi connectivity index (χ1n) is 2.66. The predicted octanol–water partition coefficient (Wildman–Crippen LogP) is -2.91. The smallest absolute Gasteiger partial charge is 0.0905 e. The summed E-state index contributed by atoms with van der Waals surface area (Å²) in [7, 11) is 0. The quantitative estimate of drug-likeness (QED) is 0.392. The molecule has 0 aliphatic rings. The highest BCUT2D eigenvalue weighted by atomic mass is 16.4. The van der Waals surface area contributed by atoms with E-state index in [0.717, 1.165) is 6.92 Å². The molecule has 0 saturated heterocycles. The lowest BCUT2D eigenvalue weighted by Gasteiger charge is -2.00. The maximum Gasteiger partial charge on any atom is 0.0905 e. The summed E-state index contributed by atoms with van der Waals surface area (Å²) in [5.41, 5.74) is 0. The van der Waals surface area contributed by atoms with Crippen molar-refractivity contribution < 1.29 is 25.2 Å². The van der Waals surface area contributed by atoms with Gasteiger partial charge in [0, 0.05) is 0 Å². The van der Waals surface area contributed by atoms with Gasteiger partial charge in [0.25, 0.3) is 0 Å². The van der Waals surface area contributed by atoms with Gasteiger partial charge in [-0.15, -0.1) is 0 Å². The molecule has 0 aromatic rings. The van der Waals surface area contributed by atoms with Crippen LogP contribution in [0.3, 0.4) is 0 Å². The zero-order valence-electron chi connectivity index (χ0n) is 5.65. The van der Waals surface area contributed by atoms with Crippen molar-refractivity contribution in [2.24, 2.45) is 0 Å². The van der Waals surface area contributed by atoms with Crippen molar-refractivity contribution in [3.8, 4) is 0 Å². The second-order valence-electron chi connectivity index (χ2n) is 1.44. The molecule has 3 N–H and O–H groups in total. The minimum Gasteiger partial charge on any atom is -0.547 e. The Labute approximate surface area is 58.5 Å². The van der Waals surface area contributed by atoms with Crippen LogP contribution in [0.4, 0.5) is 0 Å². The zero-order valence-corrected chi connectivity index (χ0v) is 5.65. The number of carboxylic acid groups (broad SMARTS) is 1. The highest BCUT2D eigenvalue weighted by Crippen LogP contribution is 1.69. The van der Waals surface area contributed by atoms with Crippen LogP contribution in [-0.4, -0.2) is 40.6 Å². The van der Waals surface area contributed by atoms with Crippen molar-refractivity contribution in [2.45, 2.75) is 13.0 Å². The number of carbonyl (C=O) groups is 1. The molecule has 0 aliphatic heterocycles. The first-order chi connectivity index (χ1) is 4.56. The molecule has 0 saturated carbocycles. The molecule has 5 heteroatoms. The van der Waals surface area contributed by atoms with Crippen molar-refractivity contribution in [1.82, 2.24) is 0 Å². The fraction of sp³-hybridized carbons (Fsp3) is 0.800. The van der Waals surface area contributed by atoms with Gasteiger partial charge in [0.15, 0.2) is 0 Å². The molecule has 0 rings (SSSR count). The number of hydrogen-bond donors (Lipinski definition) is 3. The lowest BCUT2D eigenvalue weighted by Crippen LogP contribution is -2.32. The standard InChI is InChI=1S/C3H6O3.C2H6O2/c1-2(4)3(5)6;3-1-2-4/h2,4H,1H3,(H,5,6);3-4H,1-2H2/p-1. The third kappa shape index (κ3) is 15.7. The Balaban J connectivity index is 0. The molecule has 0 heterocycles. The molecular formula is C5H11O5-. The third-order valence-corrected chi connectivity index (χ3v) is 0.441. The average Bonchev–Trinajstić information content (AvgIpc) is 1.89. The molecular weight excluding hydrogens is 140 g/mol. The van der Waals surface area contributed by atoms with Crippen LogP contribution in [0.2, 0.25) is 0 Å². The number of carbonyl (C=O) groups excluding carboxylic acids is 1. The van der Waals surface area contributed by atoms with E-state index >= 15 is 0 Å². The second-order valence-corrected chi connectivity index (χ2v) is 1.44. The lowest BCUT2D eigenvalue weighted by molar-refractivity contribution is -0.314. The van der Waals surface area contributed by atoms with Gasteiger partial charge >= 0.3 is 0 Å². The molecule has 0 spiro atoms. The Kier molecular flexibility index (Phi) is 10.1. The van der Waals surface area contributed by atoms with Crippen molar-refractivity contribution in [3.05, 3.63) is 0 Å². The average molecular weight is 151 g/mol. The van der Waals surface area contributed by atoms with Crippen LogP contribution in [0.15, 0.2) is 0 Å². The Morgan fingerprint density at radius 2 is 1.70 bits per heavy atom.